The van der Waals surface area contributed by atoms with E-state index in [2.05, 4.69) is 6.07 Å². The van der Waals surface area contributed by atoms with Crippen LogP contribution in [0.3, 0.4) is 0 Å². The van der Waals surface area contributed by atoms with Crippen LogP contribution in [0.25, 0.3) is 0 Å². The summed E-state index contributed by atoms with van der Waals surface area (Å²) < 4.78 is 11.2. The third-order valence-electron chi connectivity index (χ3n) is 2.82. The monoisotopic (exact) mass is 267 g/mol. The number of benzene rings is 2. The first-order chi connectivity index (χ1) is 9.78. The molecule has 3 nitrogen and oxygen atoms in total. The summed E-state index contributed by atoms with van der Waals surface area (Å²) in [6, 6.07) is 17.6. The molecule has 102 valence electrons. The molecule has 0 radical (unpaired) electrons. The van der Waals surface area contributed by atoms with Gasteiger partial charge in [-0.25, -0.2) is 0 Å². The van der Waals surface area contributed by atoms with E-state index in [0.717, 1.165) is 17.1 Å². The second-order valence-electron chi connectivity index (χ2n) is 4.49. The Morgan fingerprint density at radius 1 is 0.950 bits per heavy atom. The van der Waals surface area contributed by atoms with Gasteiger partial charge in [0.2, 0.25) is 0 Å². The van der Waals surface area contributed by atoms with Crippen molar-refractivity contribution >= 4 is 0 Å². The fraction of sp³-hybridized carbons (Fsp3) is 0.235. The molecule has 0 heterocycles. The Morgan fingerprint density at radius 2 is 1.65 bits per heavy atom. The Bertz CT molecular complexity index is 585. The molecule has 0 fully saturated rings. The van der Waals surface area contributed by atoms with Crippen molar-refractivity contribution < 1.29 is 9.47 Å². The van der Waals surface area contributed by atoms with Crippen LogP contribution in [0.5, 0.6) is 11.5 Å². The Hall–Kier alpha value is -2.47. The second kappa shape index (κ2) is 7.20. The van der Waals surface area contributed by atoms with Gasteiger partial charge in [0.15, 0.2) is 0 Å². The predicted molar refractivity (Wildman–Crippen MR) is 77.9 cm³/mol. The highest BCUT2D eigenvalue weighted by atomic mass is 16.5. The number of nitrogens with zero attached hydrogens (tertiary/aromatic N) is 1. The molecule has 3 heteroatoms. The van der Waals surface area contributed by atoms with Crippen molar-refractivity contribution in [3.63, 3.8) is 0 Å². The highest BCUT2D eigenvalue weighted by Crippen LogP contribution is 2.14. The third-order valence-corrected chi connectivity index (χ3v) is 2.82. The van der Waals surface area contributed by atoms with Crippen LogP contribution < -0.4 is 9.47 Å². The van der Waals surface area contributed by atoms with Crippen molar-refractivity contribution in [2.24, 2.45) is 0 Å². The van der Waals surface area contributed by atoms with Crippen LogP contribution in [0.15, 0.2) is 48.5 Å². The molecule has 0 amide bonds. The highest BCUT2D eigenvalue weighted by molar-refractivity contribution is 5.29. The Balaban J connectivity index is 1.74. The first kappa shape index (κ1) is 14.0. The van der Waals surface area contributed by atoms with Gasteiger partial charge in [0.1, 0.15) is 24.7 Å². The molecule has 2 aromatic rings. The predicted octanol–water partition coefficient (Wildman–Crippen LogP) is 3.52. The van der Waals surface area contributed by atoms with Crippen molar-refractivity contribution in [3.05, 3.63) is 59.7 Å². The Morgan fingerprint density at radius 3 is 2.30 bits per heavy atom. The number of nitriles is 1. The van der Waals surface area contributed by atoms with E-state index in [0.29, 0.717) is 19.6 Å². The molecule has 2 aromatic carbocycles. The van der Waals surface area contributed by atoms with E-state index in [9.17, 15) is 0 Å². The van der Waals surface area contributed by atoms with E-state index in [-0.39, 0.29) is 0 Å². The highest BCUT2D eigenvalue weighted by Gasteiger charge is 1.97. The molecule has 0 atom stereocenters. The summed E-state index contributed by atoms with van der Waals surface area (Å²) in [5, 5.41) is 8.59. The lowest BCUT2D eigenvalue weighted by Crippen LogP contribution is -2.09. The smallest absolute Gasteiger partial charge is 0.122 e. The van der Waals surface area contributed by atoms with Crippen molar-refractivity contribution in [2.75, 3.05) is 13.2 Å². The molecule has 0 aromatic heterocycles. The van der Waals surface area contributed by atoms with Crippen LogP contribution in [0.2, 0.25) is 0 Å². The van der Waals surface area contributed by atoms with Crippen LogP contribution >= 0.6 is 0 Å². The summed E-state index contributed by atoms with van der Waals surface area (Å²) in [6.07, 6.45) is 0.427. The lowest BCUT2D eigenvalue weighted by atomic mass is 10.2. The van der Waals surface area contributed by atoms with Crippen LogP contribution in [0.4, 0.5) is 0 Å². The topological polar surface area (TPSA) is 42.2 Å². The molecule has 0 bridgehead atoms. The molecule has 0 saturated carbocycles. The summed E-state index contributed by atoms with van der Waals surface area (Å²) >= 11 is 0. The van der Waals surface area contributed by atoms with Gasteiger partial charge in [-0.3, -0.25) is 0 Å². The molecule has 0 spiro atoms. The molecular weight excluding hydrogens is 250 g/mol. The zero-order chi connectivity index (χ0) is 14.2. The number of ether oxygens (including phenoxy) is 2. The maximum atomic E-state index is 8.59. The lowest BCUT2D eigenvalue weighted by Gasteiger charge is -2.09. The second-order valence-corrected chi connectivity index (χ2v) is 4.49. The molecular formula is C17H17NO2. The zero-order valence-electron chi connectivity index (χ0n) is 11.5. The summed E-state index contributed by atoms with van der Waals surface area (Å²) in [7, 11) is 0. The van der Waals surface area contributed by atoms with E-state index in [4.69, 9.17) is 14.7 Å². The Labute approximate surface area is 119 Å². The van der Waals surface area contributed by atoms with Crippen LogP contribution in [-0.4, -0.2) is 13.2 Å². The largest absolute Gasteiger partial charge is 0.490 e. The zero-order valence-corrected chi connectivity index (χ0v) is 11.5. The maximum Gasteiger partial charge on any atom is 0.122 e. The molecule has 0 aliphatic rings. The SMILES string of the molecule is Cc1cccc(OCCOc2ccc(CC#N)cc2)c1. The van der Waals surface area contributed by atoms with Gasteiger partial charge in [0.05, 0.1) is 12.5 Å². The normalized spacial score (nSPS) is 9.80. The summed E-state index contributed by atoms with van der Waals surface area (Å²) in [5.41, 5.74) is 2.17. The number of hydrogen-bond acceptors (Lipinski definition) is 3. The standard InChI is InChI=1S/C17H17NO2/c1-14-3-2-4-17(13-14)20-12-11-19-16-7-5-15(6-8-16)9-10-18/h2-8,13H,9,11-12H2,1H3. The van der Waals surface area contributed by atoms with Crippen molar-refractivity contribution in [3.8, 4) is 17.6 Å². The van der Waals surface area contributed by atoms with E-state index < -0.39 is 0 Å². The summed E-state index contributed by atoms with van der Waals surface area (Å²) in [6.45, 7) is 3.03. The van der Waals surface area contributed by atoms with Crippen molar-refractivity contribution in [1.82, 2.24) is 0 Å². The van der Waals surface area contributed by atoms with E-state index in [1.54, 1.807) is 0 Å². The lowest BCUT2D eigenvalue weighted by molar-refractivity contribution is 0.217. The van der Waals surface area contributed by atoms with Gasteiger partial charge in [0.25, 0.3) is 0 Å². The van der Waals surface area contributed by atoms with Gasteiger partial charge in [-0.1, -0.05) is 24.3 Å². The number of rotatable bonds is 6. The first-order valence-electron chi connectivity index (χ1n) is 6.56. The maximum absolute atomic E-state index is 8.59. The first-order valence-corrected chi connectivity index (χ1v) is 6.56. The van der Waals surface area contributed by atoms with Gasteiger partial charge >= 0.3 is 0 Å². The quantitative estimate of drug-likeness (QED) is 0.752. The van der Waals surface area contributed by atoms with Gasteiger partial charge in [-0.2, -0.15) is 5.26 Å². The molecule has 0 aliphatic carbocycles. The van der Waals surface area contributed by atoms with E-state index in [1.165, 1.54) is 5.56 Å². The minimum absolute atomic E-state index is 0.427. The average molecular weight is 267 g/mol. The minimum Gasteiger partial charge on any atom is -0.490 e. The molecule has 20 heavy (non-hydrogen) atoms. The van der Waals surface area contributed by atoms with Gasteiger partial charge < -0.3 is 9.47 Å². The van der Waals surface area contributed by atoms with Crippen LogP contribution in [0.1, 0.15) is 11.1 Å². The molecule has 0 saturated heterocycles. The minimum atomic E-state index is 0.427. The summed E-state index contributed by atoms with van der Waals surface area (Å²) in [5.74, 6) is 1.65. The van der Waals surface area contributed by atoms with E-state index >= 15 is 0 Å². The van der Waals surface area contributed by atoms with Gasteiger partial charge in [-0.05, 0) is 42.3 Å². The van der Waals surface area contributed by atoms with Gasteiger partial charge in [0, 0.05) is 0 Å². The molecule has 0 unspecified atom stereocenters. The van der Waals surface area contributed by atoms with Crippen molar-refractivity contribution in [2.45, 2.75) is 13.3 Å². The van der Waals surface area contributed by atoms with Gasteiger partial charge in [-0.15, -0.1) is 0 Å². The Kier molecular flexibility index (Phi) is 5.02. The molecule has 2 rings (SSSR count). The number of hydrogen-bond donors (Lipinski definition) is 0. The fourth-order valence-electron chi connectivity index (χ4n) is 1.82. The molecule has 0 aliphatic heterocycles. The van der Waals surface area contributed by atoms with Crippen molar-refractivity contribution in [1.29, 1.82) is 5.26 Å². The number of aryl methyl sites for hydroxylation is 1. The average Bonchev–Trinajstić information content (AvgIpc) is 2.46. The fourth-order valence-corrected chi connectivity index (χ4v) is 1.82. The molecule has 0 N–H and O–H groups in total. The van der Waals surface area contributed by atoms with E-state index in [1.807, 2.05) is 55.5 Å². The van der Waals surface area contributed by atoms with Crippen LogP contribution in [0, 0.1) is 18.3 Å². The summed E-state index contributed by atoms with van der Waals surface area (Å²) in [4.78, 5) is 0. The van der Waals surface area contributed by atoms with Crippen LogP contribution in [-0.2, 0) is 6.42 Å². The third kappa shape index (κ3) is 4.33.